The van der Waals surface area contributed by atoms with E-state index in [2.05, 4.69) is 0 Å². The first kappa shape index (κ1) is 19.2. The van der Waals surface area contributed by atoms with E-state index in [1.54, 1.807) is 24.3 Å². The number of thiophene rings is 1. The zero-order valence-corrected chi connectivity index (χ0v) is 17.6. The monoisotopic (exact) mass is 416 g/mol. The summed E-state index contributed by atoms with van der Waals surface area (Å²) in [6.07, 6.45) is 2.75. The van der Waals surface area contributed by atoms with Gasteiger partial charge in [0.25, 0.3) is 5.56 Å². The van der Waals surface area contributed by atoms with Crippen LogP contribution in [0.2, 0.25) is 5.02 Å². The smallest absolute Gasteiger partial charge is 0.297 e. The molecule has 0 saturated heterocycles. The van der Waals surface area contributed by atoms with Gasteiger partial charge in [-0.1, -0.05) is 32.4 Å². The second-order valence-electron chi connectivity index (χ2n) is 8.20. The zero-order chi connectivity index (χ0) is 20.2. The molecule has 0 aliphatic heterocycles. The Bertz CT molecular complexity index is 1210. The predicted molar refractivity (Wildman–Crippen MR) is 113 cm³/mol. The minimum absolute atomic E-state index is 0.0495. The molecule has 1 aromatic carbocycles. The van der Waals surface area contributed by atoms with Crippen molar-refractivity contribution in [3.63, 3.8) is 0 Å². The van der Waals surface area contributed by atoms with Crippen LogP contribution in [-0.2, 0) is 24.2 Å². The van der Waals surface area contributed by atoms with Crippen molar-refractivity contribution in [1.29, 1.82) is 0 Å². The van der Waals surface area contributed by atoms with Crippen molar-refractivity contribution in [3.05, 3.63) is 60.6 Å². The Morgan fingerprint density at radius 2 is 1.82 bits per heavy atom. The normalized spacial score (nSPS) is 13.9. The summed E-state index contributed by atoms with van der Waals surface area (Å²) in [7, 11) is 0. The second kappa shape index (κ2) is 6.71. The van der Waals surface area contributed by atoms with Gasteiger partial charge in [-0.05, 0) is 49.1 Å². The fourth-order valence-corrected chi connectivity index (χ4v) is 5.04. The third kappa shape index (κ3) is 3.05. The lowest BCUT2D eigenvalue weighted by Crippen LogP contribution is -2.41. The average Bonchev–Trinajstić information content (AvgIpc) is 3.20. The summed E-state index contributed by atoms with van der Waals surface area (Å²) in [5, 5.41) is 1.10. The highest BCUT2D eigenvalue weighted by atomic mass is 35.5. The predicted octanol–water partition coefficient (Wildman–Crippen LogP) is 3.97. The van der Waals surface area contributed by atoms with Crippen molar-refractivity contribution in [2.24, 2.45) is 5.41 Å². The molecule has 7 heteroatoms. The van der Waals surface area contributed by atoms with Gasteiger partial charge in [0.15, 0.2) is 5.78 Å². The van der Waals surface area contributed by atoms with Crippen LogP contribution in [0.4, 0.5) is 0 Å². The number of nitrogens with zero attached hydrogens (tertiary/aromatic N) is 2. The molecule has 0 radical (unpaired) electrons. The van der Waals surface area contributed by atoms with Gasteiger partial charge < -0.3 is 0 Å². The average molecular weight is 417 g/mol. The van der Waals surface area contributed by atoms with Gasteiger partial charge in [-0.3, -0.25) is 14.2 Å². The van der Waals surface area contributed by atoms with E-state index in [1.165, 1.54) is 20.5 Å². The summed E-state index contributed by atoms with van der Waals surface area (Å²) in [5.74, 6) is -0.0502. The number of Topliss-reactive ketones (excluding diaryl/α,β-unsaturated/α-hetero) is 1. The van der Waals surface area contributed by atoms with Crippen LogP contribution in [0.1, 0.15) is 37.6 Å². The zero-order valence-electron chi connectivity index (χ0n) is 16.0. The standard InChI is InChI=1S/C21H21ClN2O3S/c1-21(2,3)16(25)11-23-19-17(14-5-4-6-15(14)28-19)18(26)24(20(23)27)13-9-7-12(22)8-10-13/h7-10H,4-6,11H2,1-3H3. The molecular formula is C21H21ClN2O3S. The van der Waals surface area contributed by atoms with Crippen LogP contribution in [0.3, 0.4) is 0 Å². The topological polar surface area (TPSA) is 61.1 Å². The maximum absolute atomic E-state index is 13.3. The molecule has 0 fully saturated rings. The molecular weight excluding hydrogens is 396 g/mol. The first-order chi connectivity index (χ1) is 13.2. The Labute approximate surface area is 171 Å². The highest BCUT2D eigenvalue weighted by molar-refractivity contribution is 7.19. The minimum Gasteiger partial charge on any atom is -0.297 e. The number of aryl methyl sites for hydroxylation is 2. The molecule has 0 bridgehead atoms. The van der Waals surface area contributed by atoms with E-state index < -0.39 is 11.1 Å². The molecule has 1 aliphatic rings. The Morgan fingerprint density at radius 3 is 2.46 bits per heavy atom. The fraction of sp³-hybridized carbons (Fsp3) is 0.381. The largest absolute Gasteiger partial charge is 0.337 e. The van der Waals surface area contributed by atoms with Crippen molar-refractivity contribution < 1.29 is 4.79 Å². The first-order valence-electron chi connectivity index (χ1n) is 9.28. The van der Waals surface area contributed by atoms with E-state index >= 15 is 0 Å². The number of ketones is 1. The van der Waals surface area contributed by atoms with E-state index in [0.717, 1.165) is 29.7 Å². The highest BCUT2D eigenvalue weighted by Gasteiger charge is 2.28. The Balaban J connectivity index is 2.05. The molecule has 0 spiro atoms. The maximum atomic E-state index is 13.3. The van der Waals surface area contributed by atoms with E-state index in [1.807, 2.05) is 20.8 Å². The number of hydrogen-bond acceptors (Lipinski definition) is 4. The SMILES string of the molecule is CC(C)(C)C(=O)Cn1c(=O)n(-c2ccc(Cl)cc2)c(=O)c2c3c(sc21)CCC3. The summed E-state index contributed by atoms with van der Waals surface area (Å²) in [6, 6.07) is 6.60. The minimum atomic E-state index is -0.576. The number of benzene rings is 1. The molecule has 2 aromatic heterocycles. The van der Waals surface area contributed by atoms with Crippen LogP contribution < -0.4 is 11.2 Å². The number of halogens is 1. The maximum Gasteiger partial charge on any atom is 0.337 e. The second-order valence-corrected chi connectivity index (χ2v) is 9.72. The molecule has 0 saturated carbocycles. The molecule has 2 heterocycles. The van der Waals surface area contributed by atoms with Crippen LogP contribution in [0.25, 0.3) is 15.9 Å². The van der Waals surface area contributed by atoms with Crippen LogP contribution in [-0.4, -0.2) is 14.9 Å². The number of aromatic nitrogens is 2. The van der Waals surface area contributed by atoms with Crippen molar-refractivity contribution in [2.75, 3.05) is 0 Å². The van der Waals surface area contributed by atoms with Gasteiger partial charge >= 0.3 is 5.69 Å². The summed E-state index contributed by atoms with van der Waals surface area (Å²) >= 11 is 7.45. The number of fused-ring (bicyclic) bond motifs is 3. The van der Waals surface area contributed by atoms with Gasteiger partial charge in [0.05, 0.1) is 17.6 Å². The summed E-state index contributed by atoms with van der Waals surface area (Å²) in [6.45, 7) is 5.45. The van der Waals surface area contributed by atoms with E-state index in [0.29, 0.717) is 20.9 Å². The van der Waals surface area contributed by atoms with Crippen molar-refractivity contribution in [3.8, 4) is 5.69 Å². The van der Waals surface area contributed by atoms with E-state index in [4.69, 9.17) is 11.6 Å². The summed E-state index contributed by atoms with van der Waals surface area (Å²) in [4.78, 5) is 41.1. The quantitative estimate of drug-likeness (QED) is 0.649. The van der Waals surface area contributed by atoms with Gasteiger partial charge in [0.1, 0.15) is 4.83 Å². The van der Waals surface area contributed by atoms with Gasteiger partial charge in [-0.15, -0.1) is 11.3 Å². The van der Waals surface area contributed by atoms with Crippen molar-refractivity contribution in [1.82, 2.24) is 9.13 Å². The Morgan fingerprint density at radius 1 is 1.14 bits per heavy atom. The molecule has 0 atom stereocenters. The third-order valence-electron chi connectivity index (χ3n) is 5.21. The Hall–Kier alpha value is -2.18. The Kier molecular flexibility index (Phi) is 4.59. The molecule has 0 amide bonds. The van der Waals surface area contributed by atoms with Gasteiger partial charge in [0, 0.05) is 15.3 Å². The molecule has 4 rings (SSSR count). The molecule has 0 unspecified atom stereocenters. The van der Waals surface area contributed by atoms with Crippen molar-refractivity contribution in [2.45, 2.75) is 46.6 Å². The summed E-state index contributed by atoms with van der Waals surface area (Å²) < 4.78 is 2.64. The molecule has 146 valence electrons. The van der Waals surface area contributed by atoms with Crippen molar-refractivity contribution >= 4 is 38.9 Å². The number of hydrogen-bond donors (Lipinski definition) is 0. The van der Waals surface area contributed by atoms with Crippen LogP contribution in [0, 0.1) is 5.41 Å². The first-order valence-corrected chi connectivity index (χ1v) is 10.5. The van der Waals surface area contributed by atoms with Crippen LogP contribution in [0.15, 0.2) is 33.9 Å². The van der Waals surface area contributed by atoms with E-state index in [9.17, 15) is 14.4 Å². The van der Waals surface area contributed by atoms with Gasteiger partial charge in [-0.25, -0.2) is 9.36 Å². The molecule has 3 aromatic rings. The third-order valence-corrected chi connectivity index (χ3v) is 6.78. The highest BCUT2D eigenvalue weighted by Crippen LogP contribution is 2.35. The lowest BCUT2D eigenvalue weighted by Gasteiger charge is -2.18. The van der Waals surface area contributed by atoms with Crippen LogP contribution >= 0.6 is 22.9 Å². The molecule has 1 aliphatic carbocycles. The number of rotatable bonds is 3. The number of carbonyl (C=O) groups is 1. The van der Waals surface area contributed by atoms with Crippen LogP contribution in [0.5, 0.6) is 0 Å². The number of carbonyl (C=O) groups excluding carboxylic acids is 1. The summed E-state index contributed by atoms with van der Waals surface area (Å²) in [5.41, 5.74) is 0.104. The molecule has 5 nitrogen and oxygen atoms in total. The lowest BCUT2D eigenvalue weighted by molar-refractivity contribution is -0.126. The molecule has 28 heavy (non-hydrogen) atoms. The van der Waals surface area contributed by atoms with Gasteiger partial charge in [0.2, 0.25) is 0 Å². The molecule has 0 N–H and O–H groups in total. The lowest BCUT2D eigenvalue weighted by atomic mass is 9.91. The van der Waals surface area contributed by atoms with E-state index in [-0.39, 0.29) is 17.9 Å². The fourth-order valence-electron chi connectivity index (χ4n) is 3.54. The van der Waals surface area contributed by atoms with Gasteiger partial charge in [-0.2, -0.15) is 0 Å².